The molecule has 26 heavy (non-hydrogen) atoms. The van der Waals surface area contributed by atoms with Gasteiger partial charge in [-0.25, -0.2) is 0 Å². The van der Waals surface area contributed by atoms with Crippen LogP contribution in [0, 0.1) is 0 Å². The van der Waals surface area contributed by atoms with Crippen LogP contribution in [0.5, 0.6) is 0 Å². The van der Waals surface area contributed by atoms with Gasteiger partial charge in [0.2, 0.25) is 0 Å². The molecule has 0 bridgehead atoms. The van der Waals surface area contributed by atoms with Crippen LogP contribution >= 0.6 is 0 Å². The van der Waals surface area contributed by atoms with Crippen molar-refractivity contribution in [2.24, 2.45) is 0 Å². The lowest BCUT2D eigenvalue weighted by Gasteiger charge is -2.48. The maximum Gasteiger partial charge on any atom is 0.661 e. The molecule has 1 aliphatic heterocycles. The summed E-state index contributed by atoms with van der Waals surface area (Å²) in [5.41, 5.74) is 0. The molecule has 156 valence electrons. The second-order valence-electron chi connectivity index (χ2n) is 9.05. The maximum atomic E-state index is 6.50. The lowest BCUT2D eigenvalue weighted by molar-refractivity contribution is 0.0295. The van der Waals surface area contributed by atoms with Crippen LogP contribution in [0.15, 0.2) is 0 Å². The third kappa shape index (κ3) is 7.78. The smallest absolute Gasteiger partial charge is 0.396 e. The van der Waals surface area contributed by atoms with Crippen molar-refractivity contribution in [2.45, 2.75) is 65.5 Å². The molecule has 0 N–H and O–H groups in total. The zero-order valence-electron chi connectivity index (χ0n) is 18.3. The van der Waals surface area contributed by atoms with E-state index in [9.17, 15) is 0 Å². The normalized spacial score (nSPS) is 25.4. The van der Waals surface area contributed by atoms with Crippen LogP contribution in [0.2, 0.25) is 65.5 Å². The van der Waals surface area contributed by atoms with Crippen LogP contribution in [0.25, 0.3) is 0 Å². The van der Waals surface area contributed by atoms with E-state index < -0.39 is 51.9 Å². The number of rotatable bonds is 6. The highest BCUT2D eigenvalue weighted by atomic mass is 28.6. The largest absolute Gasteiger partial charge is 0.661 e. The summed E-state index contributed by atoms with van der Waals surface area (Å²) >= 11 is 0. The Bertz CT molecular complexity index is 445. The summed E-state index contributed by atoms with van der Waals surface area (Å²) in [5.74, 6) is 0. The molecular formula is C12H36O8Si6. The van der Waals surface area contributed by atoms with E-state index in [1.165, 1.54) is 14.2 Å². The van der Waals surface area contributed by atoms with Crippen molar-refractivity contribution in [1.29, 1.82) is 0 Å². The molecule has 0 aliphatic carbocycles. The molecule has 0 atom stereocenters. The minimum atomic E-state index is -3.49. The molecule has 1 rings (SSSR count). The summed E-state index contributed by atoms with van der Waals surface area (Å²) in [6.07, 6.45) is 0. The molecule has 0 spiro atoms. The zero-order chi connectivity index (χ0) is 20.7. The van der Waals surface area contributed by atoms with E-state index in [1.54, 1.807) is 0 Å². The molecule has 0 amide bonds. The van der Waals surface area contributed by atoms with Crippen molar-refractivity contribution in [3.05, 3.63) is 0 Å². The highest BCUT2D eigenvalue weighted by molar-refractivity contribution is 6.93. The van der Waals surface area contributed by atoms with Crippen LogP contribution in [-0.4, -0.2) is 66.1 Å². The Morgan fingerprint density at radius 1 is 0.538 bits per heavy atom. The van der Waals surface area contributed by atoms with E-state index in [-0.39, 0.29) is 0 Å². The third-order valence-corrected chi connectivity index (χ3v) is 22.6. The summed E-state index contributed by atoms with van der Waals surface area (Å²) in [6.45, 7) is 20.2. The standard InChI is InChI=1S/C12H36O8Si6/c1-13-25(14-2)17-23(9,10)19-26(15-21(3,4)5,16-22(6,7)8)20-24(11,12)18-25/h1-12H3. The van der Waals surface area contributed by atoms with Gasteiger partial charge in [-0.15, -0.1) is 0 Å². The van der Waals surface area contributed by atoms with E-state index >= 15 is 0 Å². The zero-order valence-corrected chi connectivity index (χ0v) is 24.3. The first kappa shape index (κ1) is 25.0. The summed E-state index contributed by atoms with van der Waals surface area (Å²) in [4.78, 5) is 0. The first-order valence-corrected chi connectivity index (χ1v) is 24.4. The van der Waals surface area contributed by atoms with Crippen molar-refractivity contribution in [1.82, 2.24) is 0 Å². The summed E-state index contributed by atoms with van der Waals surface area (Å²) in [6, 6.07) is 0. The molecule has 0 aromatic carbocycles. The Morgan fingerprint density at radius 3 is 1.04 bits per heavy atom. The van der Waals surface area contributed by atoms with E-state index in [0.717, 1.165) is 0 Å². The van der Waals surface area contributed by atoms with E-state index in [1.807, 2.05) is 26.2 Å². The Balaban J connectivity index is 3.43. The highest BCUT2D eigenvalue weighted by Gasteiger charge is 2.65. The van der Waals surface area contributed by atoms with Crippen LogP contribution < -0.4 is 0 Å². The Kier molecular flexibility index (Phi) is 7.71. The van der Waals surface area contributed by atoms with E-state index in [4.69, 9.17) is 33.5 Å². The maximum absolute atomic E-state index is 6.50. The van der Waals surface area contributed by atoms with Gasteiger partial charge in [-0.05, 0) is 65.5 Å². The third-order valence-electron chi connectivity index (χ3n) is 2.85. The first-order valence-electron chi connectivity index (χ1n) is 8.67. The van der Waals surface area contributed by atoms with Gasteiger partial charge >= 0.3 is 35.2 Å². The van der Waals surface area contributed by atoms with Gasteiger partial charge in [0.15, 0.2) is 16.6 Å². The second-order valence-corrected chi connectivity index (χ2v) is 30.8. The topological polar surface area (TPSA) is 73.8 Å². The number of hydrogen-bond acceptors (Lipinski definition) is 8. The van der Waals surface area contributed by atoms with Crippen LogP contribution in [0.1, 0.15) is 0 Å². The number of hydrogen-bond donors (Lipinski definition) is 0. The summed E-state index contributed by atoms with van der Waals surface area (Å²) < 4.78 is 49.5. The van der Waals surface area contributed by atoms with Gasteiger partial charge < -0.3 is 33.5 Å². The van der Waals surface area contributed by atoms with Crippen LogP contribution in [0.4, 0.5) is 0 Å². The van der Waals surface area contributed by atoms with Crippen molar-refractivity contribution < 1.29 is 33.5 Å². The van der Waals surface area contributed by atoms with Crippen LogP contribution in [-0.2, 0) is 33.5 Å². The monoisotopic (exact) mass is 476 g/mol. The van der Waals surface area contributed by atoms with Crippen LogP contribution in [0.3, 0.4) is 0 Å². The molecule has 0 aromatic rings. The molecule has 0 aromatic heterocycles. The minimum Gasteiger partial charge on any atom is -0.396 e. The average Bonchev–Trinajstić information content (AvgIpc) is 2.29. The predicted octanol–water partition coefficient (Wildman–Crippen LogP) is 3.34. The van der Waals surface area contributed by atoms with Gasteiger partial charge in [-0.2, -0.15) is 0 Å². The predicted molar refractivity (Wildman–Crippen MR) is 114 cm³/mol. The fourth-order valence-electron chi connectivity index (χ4n) is 2.39. The molecule has 1 heterocycles. The molecule has 8 nitrogen and oxygen atoms in total. The van der Waals surface area contributed by atoms with Gasteiger partial charge in [0.25, 0.3) is 0 Å². The minimum absolute atomic E-state index is 1.52. The molecule has 0 radical (unpaired) electrons. The van der Waals surface area contributed by atoms with Gasteiger partial charge in [-0.3, -0.25) is 0 Å². The van der Waals surface area contributed by atoms with Crippen molar-refractivity contribution in [2.75, 3.05) is 14.2 Å². The van der Waals surface area contributed by atoms with Gasteiger partial charge in [0, 0.05) is 14.2 Å². The SMILES string of the molecule is CO[Si]1(OC)O[Si](C)(C)O[Si](O[Si](C)(C)C)(O[Si](C)(C)C)O[Si](C)(C)O1. The van der Waals surface area contributed by atoms with Gasteiger partial charge in [0.05, 0.1) is 0 Å². The average molecular weight is 477 g/mol. The molecule has 1 saturated heterocycles. The molecule has 0 unspecified atom stereocenters. The first-order chi connectivity index (χ1) is 11.4. The molecule has 1 aliphatic rings. The molecule has 1 fully saturated rings. The Morgan fingerprint density at radius 2 is 0.808 bits per heavy atom. The summed E-state index contributed by atoms with van der Waals surface area (Å²) in [7, 11) is -13.5. The fourth-order valence-corrected chi connectivity index (χ4v) is 24.4. The summed E-state index contributed by atoms with van der Waals surface area (Å²) in [5, 5.41) is 0. The molecule has 14 heteroatoms. The Hall–Kier alpha value is 0.981. The lowest BCUT2D eigenvalue weighted by atomic mass is 11.8. The van der Waals surface area contributed by atoms with Crippen molar-refractivity contribution in [3.8, 4) is 0 Å². The van der Waals surface area contributed by atoms with Crippen molar-refractivity contribution >= 4 is 51.9 Å². The second kappa shape index (κ2) is 8.01. The molecule has 0 saturated carbocycles. The van der Waals surface area contributed by atoms with Gasteiger partial charge in [-0.1, -0.05) is 0 Å². The molecular weight excluding hydrogens is 441 g/mol. The fraction of sp³-hybridized carbons (Fsp3) is 1.00. The quantitative estimate of drug-likeness (QED) is 0.540. The van der Waals surface area contributed by atoms with Crippen molar-refractivity contribution in [3.63, 3.8) is 0 Å². The van der Waals surface area contributed by atoms with Gasteiger partial charge in [0.1, 0.15) is 0 Å². The lowest BCUT2D eigenvalue weighted by Crippen LogP contribution is -2.73. The highest BCUT2D eigenvalue weighted by Crippen LogP contribution is 2.35. The van der Waals surface area contributed by atoms with E-state index in [0.29, 0.717) is 0 Å². The van der Waals surface area contributed by atoms with E-state index in [2.05, 4.69) is 39.3 Å². The Labute approximate surface area is 165 Å².